The lowest BCUT2D eigenvalue weighted by Gasteiger charge is -2.58. The standard InChI is InChI=1S/C29H33ClFN3O/c1-28-13-11-21(33-27(35)18-3-6-20(31)7-4-18)15-19(28)5-8-22-23-9-10-25(34-16-26(30)32-17-34)29(23,2)14-12-24(22)28/h3-7,10,16-17,21-24H,8-9,11-15H2,1-2H3,(H,33,35)/t21-,22?,23?,24?,28-,29-/m0/s1. The Balaban J connectivity index is 1.18. The number of carbonyl (C=O) groups excluding carboxylic acids is 1. The maximum atomic E-state index is 13.2. The number of benzene rings is 1. The molecule has 6 rings (SSSR count). The van der Waals surface area contributed by atoms with Crippen LogP contribution in [0.25, 0.3) is 5.70 Å². The van der Waals surface area contributed by atoms with Crippen LogP contribution in [0.4, 0.5) is 4.39 Å². The topological polar surface area (TPSA) is 46.9 Å². The second kappa shape index (κ2) is 8.33. The smallest absolute Gasteiger partial charge is 0.251 e. The summed E-state index contributed by atoms with van der Waals surface area (Å²) in [5, 5.41) is 3.76. The summed E-state index contributed by atoms with van der Waals surface area (Å²) < 4.78 is 15.4. The molecule has 4 aliphatic rings. The summed E-state index contributed by atoms with van der Waals surface area (Å²) >= 11 is 6.14. The van der Waals surface area contributed by atoms with Crippen LogP contribution in [0.5, 0.6) is 0 Å². The molecular formula is C29H33ClFN3O. The number of nitrogens with zero attached hydrogens (tertiary/aromatic N) is 2. The van der Waals surface area contributed by atoms with Gasteiger partial charge in [0.1, 0.15) is 17.3 Å². The summed E-state index contributed by atoms with van der Waals surface area (Å²) in [4.78, 5) is 17.0. The highest BCUT2D eigenvalue weighted by molar-refractivity contribution is 6.29. The van der Waals surface area contributed by atoms with Crippen LogP contribution < -0.4 is 5.32 Å². The third-order valence-corrected chi connectivity index (χ3v) is 10.1. The fraction of sp³-hybridized carbons (Fsp3) is 0.517. The van der Waals surface area contributed by atoms with Crippen molar-refractivity contribution in [3.05, 3.63) is 71.0 Å². The number of hydrogen-bond donors (Lipinski definition) is 1. The van der Waals surface area contributed by atoms with Crippen molar-refractivity contribution < 1.29 is 9.18 Å². The molecule has 2 aromatic rings. The molecule has 1 N–H and O–H groups in total. The predicted molar refractivity (Wildman–Crippen MR) is 136 cm³/mol. The van der Waals surface area contributed by atoms with E-state index >= 15 is 0 Å². The molecule has 184 valence electrons. The molecule has 4 aliphatic carbocycles. The first-order valence-corrected chi connectivity index (χ1v) is 13.3. The van der Waals surface area contributed by atoms with E-state index in [2.05, 4.69) is 40.9 Å². The van der Waals surface area contributed by atoms with E-state index < -0.39 is 0 Å². The molecule has 2 fully saturated rings. The van der Waals surface area contributed by atoms with Crippen molar-refractivity contribution in [1.29, 1.82) is 0 Å². The number of aromatic nitrogens is 2. The lowest BCUT2D eigenvalue weighted by Crippen LogP contribution is -2.51. The lowest BCUT2D eigenvalue weighted by molar-refractivity contribution is -0.0137. The zero-order chi connectivity index (χ0) is 24.4. The van der Waals surface area contributed by atoms with Crippen LogP contribution >= 0.6 is 11.6 Å². The molecular weight excluding hydrogens is 461 g/mol. The average Bonchev–Trinajstić information content (AvgIpc) is 3.42. The maximum absolute atomic E-state index is 13.2. The summed E-state index contributed by atoms with van der Waals surface area (Å²) in [6, 6.07) is 5.95. The van der Waals surface area contributed by atoms with Gasteiger partial charge >= 0.3 is 0 Å². The highest BCUT2D eigenvalue weighted by Gasteiger charge is 2.57. The molecule has 1 amide bonds. The van der Waals surface area contributed by atoms with Crippen molar-refractivity contribution in [3.63, 3.8) is 0 Å². The first-order chi connectivity index (χ1) is 16.8. The molecule has 35 heavy (non-hydrogen) atoms. The van der Waals surface area contributed by atoms with Gasteiger partial charge < -0.3 is 9.88 Å². The van der Waals surface area contributed by atoms with Gasteiger partial charge in [-0.15, -0.1) is 0 Å². The summed E-state index contributed by atoms with van der Waals surface area (Å²) in [5.74, 6) is 1.58. The first-order valence-electron chi connectivity index (χ1n) is 12.9. The number of hydrogen-bond acceptors (Lipinski definition) is 2. The highest BCUT2D eigenvalue weighted by atomic mass is 35.5. The van der Waals surface area contributed by atoms with E-state index in [-0.39, 0.29) is 28.6 Å². The van der Waals surface area contributed by atoms with Gasteiger partial charge in [-0.05, 0) is 92.4 Å². The largest absolute Gasteiger partial charge is 0.349 e. The Hall–Kier alpha value is -2.40. The van der Waals surface area contributed by atoms with E-state index in [1.54, 1.807) is 12.1 Å². The fourth-order valence-electron chi connectivity index (χ4n) is 8.03. The van der Waals surface area contributed by atoms with E-state index in [0.717, 1.165) is 32.1 Å². The molecule has 0 aliphatic heterocycles. The Labute approximate surface area is 211 Å². The Bertz CT molecular complexity index is 1220. The van der Waals surface area contributed by atoms with Gasteiger partial charge in [-0.3, -0.25) is 4.79 Å². The Morgan fingerprint density at radius 3 is 2.60 bits per heavy atom. The number of fused-ring (bicyclic) bond motifs is 5. The Morgan fingerprint density at radius 1 is 1.09 bits per heavy atom. The minimum atomic E-state index is -0.320. The third-order valence-electron chi connectivity index (χ3n) is 9.91. The molecule has 3 unspecified atom stereocenters. The molecule has 1 heterocycles. The lowest BCUT2D eigenvalue weighted by atomic mass is 9.47. The first kappa shape index (κ1) is 23.0. The van der Waals surface area contributed by atoms with E-state index in [1.807, 2.05) is 12.5 Å². The minimum absolute atomic E-state index is 0.106. The molecule has 6 heteroatoms. The monoisotopic (exact) mass is 493 g/mol. The van der Waals surface area contributed by atoms with Crippen LogP contribution in [0.3, 0.4) is 0 Å². The predicted octanol–water partition coefficient (Wildman–Crippen LogP) is 6.89. The van der Waals surface area contributed by atoms with Crippen molar-refractivity contribution >= 4 is 23.2 Å². The number of carbonyl (C=O) groups is 1. The molecule has 0 radical (unpaired) electrons. The molecule has 1 aromatic carbocycles. The summed E-state index contributed by atoms with van der Waals surface area (Å²) in [6.07, 6.45) is 16.4. The summed E-state index contributed by atoms with van der Waals surface area (Å²) in [5.41, 5.74) is 3.79. The molecule has 2 saturated carbocycles. The Morgan fingerprint density at radius 2 is 1.86 bits per heavy atom. The maximum Gasteiger partial charge on any atom is 0.251 e. The van der Waals surface area contributed by atoms with E-state index in [0.29, 0.717) is 28.5 Å². The van der Waals surface area contributed by atoms with Gasteiger partial charge in [0.15, 0.2) is 0 Å². The highest BCUT2D eigenvalue weighted by Crippen LogP contribution is 2.65. The van der Waals surface area contributed by atoms with Crippen LogP contribution in [-0.2, 0) is 0 Å². The van der Waals surface area contributed by atoms with Crippen LogP contribution in [-0.4, -0.2) is 21.5 Å². The zero-order valence-electron chi connectivity index (χ0n) is 20.4. The van der Waals surface area contributed by atoms with Crippen LogP contribution in [0.15, 0.2) is 54.5 Å². The Kier molecular flexibility index (Phi) is 5.48. The molecule has 6 atom stereocenters. The summed E-state index contributed by atoms with van der Waals surface area (Å²) in [6.45, 7) is 4.93. The zero-order valence-corrected chi connectivity index (χ0v) is 21.2. The van der Waals surface area contributed by atoms with E-state index in [4.69, 9.17) is 11.6 Å². The van der Waals surface area contributed by atoms with Gasteiger partial charge in [-0.1, -0.05) is 43.2 Å². The van der Waals surface area contributed by atoms with Gasteiger partial charge in [0.2, 0.25) is 0 Å². The van der Waals surface area contributed by atoms with E-state index in [1.165, 1.54) is 36.2 Å². The molecule has 0 spiro atoms. The van der Waals surface area contributed by atoms with E-state index in [9.17, 15) is 9.18 Å². The van der Waals surface area contributed by atoms with Crippen LogP contribution in [0.2, 0.25) is 5.15 Å². The normalized spacial score (nSPS) is 35.9. The van der Waals surface area contributed by atoms with Crippen LogP contribution in [0, 0.1) is 34.4 Å². The quantitative estimate of drug-likeness (QED) is 0.473. The van der Waals surface area contributed by atoms with Gasteiger partial charge in [-0.2, -0.15) is 0 Å². The number of allylic oxidation sites excluding steroid dienone is 3. The van der Waals surface area contributed by atoms with Crippen molar-refractivity contribution in [2.45, 2.75) is 64.8 Å². The molecule has 0 saturated heterocycles. The van der Waals surface area contributed by atoms with Gasteiger partial charge in [0, 0.05) is 28.9 Å². The van der Waals surface area contributed by atoms with Gasteiger partial charge in [-0.25, -0.2) is 9.37 Å². The molecule has 1 aromatic heterocycles. The summed E-state index contributed by atoms with van der Waals surface area (Å²) in [7, 11) is 0. The second-order valence-electron chi connectivity index (χ2n) is 11.6. The number of halogens is 2. The number of rotatable bonds is 3. The SMILES string of the molecule is C[C@]12CC[C@H](NC(=O)c3ccc(F)cc3)CC1=CCC1C2CC[C@]2(C)C(n3cnc(Cl)c3)=CCC12. The van der Waals surface area contributed by atoms with Crippen molar-refractivity contribution in [3.8, 4) is 0 Å². The average molecular weight is 494 g/mol. The number of nitrogens with one attached hydrogen (secondary N) is 1. The van der Waals surface area contributed by atoms with Crippen molar-refractivity contribution in [2.24, 2.45) is 28.6 Å². The molecule has 0 bridgehead atoms. The van der Waals surface area contributed by atoms with Gasteiger partial charge in [0.05, 0.1) is 0 Å². The third kappa shape index (κ3) is 3.69. The van der Waals surface area contributed by atoms with Gasteiger partial charge in [0.25, 0.3) is 5.91 Å². The molecule has 4 nitrogen and oxygen atoms in total. The van der Waals surface area contributed by atoms with Crippen molar-refractivity contribution in [2.75, 3.05) is 0 Å². The number of imidazole rings is 1. The second-order valence-corrected chi connectivity index (χ2v) is 12.0. The van der Waals surface area contributed by atoms with Crippen molar-refractivity contribution in [1.82, 2.24) is 14.9 Å². The minimum Gasteiger partial charge on any atom is -0.349 e. The van der Waals surface area contributed by atoms with Crippen LogP contribution in [0.1, 0.15) is 69.2 Å². The fourth-order valence-corrected chi connectivity index (χ4v) is 8.18. The number of amides is 1.